The molecule has 0 atom stereocenters. The summed E-state index contributed by atoms with van der Waals surface area (Å²) in [5.74, 6) is 2.39. The molecule has 1 aromatic heterocycles. The zero-order valence-corrected chi connectivity index (χ0v) is 14.4. The van der Waals surface area contributed by atoms with Crippen molar-refractivity contribution in [1.29, 1.82) is 0 Å². The second-order valence-electron chi connectivity index (χ2n) is 6.00. The van der Waals surface area contributed by atoms with Gasteiger partial charge in [-0.25, -0.2) is 0 Å². The fraction of sp³-hybridized carbons (Fsp3) is 0.368. The predicted molar refractivity (Wildman–Crippen MR) is 92.4 cm³/mol. The number of aryl methyl sites for hydroxylation is 2. The van der Waals surface area contributed by atoms with Gasteiger partial charge >= 0.3 is 0 Å². The van der Waals surface area contributed by atoms with Gasteiger partial charge in [-0.15, -0.1) is 0 Å². The molecule has 1 N–H and O–H groups in total. The number of fused-ring (bicyclic) bond motifs is 1. The summed E-state index contributed by atoms with van der Waals surface area (Å²) in [6, 6.07) is 7.06. The molecular formula is C19H21NO5. The second kappa shape index (κ2) is 7.42. The summed E-state index contributed by atoms with van der Waals surface area (Å²) >= 11 is 0. The number of nitrogens with one attached hydrogen (secondary N) is 1. The molecular weight excluding hydrogens is 322 g/mol. The molecule has 0 fully saturated rings. The van der Waals surface area contributed by atoms with Crippen LogP contribution in [-0.4, -0.2) is 24.9 Å². The number of ether oxygens (including phenoxy) is 2. The number of rotatable bonds is 5. The first-order valence-electron chi connectivity index (χ1n) is 8.32. The minimum absolute atomic E-state index is 0.0378. The van der Waals surface area contributed by atoms with Crippen LogP contribution in [0.1, 0.15) is 41.6 Å². The highest BCUT2D eigenvalue weighted by Crippen LogP contribution is 2.32. The number of carbonyl (C=O) groups is 2. The Morgan fingerprint density at radius 3 is 2.60 bits per heavy atom. The normalized spacial score (nSPS) is 13.2. The van der Waals surface area contributed by atoms with E-state index in [1.54, 1.807) is 31.2 Å². The lowest BCUT2D eigenvalue weighted by atomic mass is 10.1. The molecule has 2 aromatic rings. The van der Waals surface area contributed by atoms with Gasteiger partial charge in [0.2, 0.25) is 5.91 Å². The van der Waals surface area contributed by atoms with Gasteiger partial charge in [-0.05, 0) is 32.0 Å². The first-order valence-corrected chi connectivity index (χ1v) is 8.32. The molecule has 1 aliphatic heterocycles. The number of furan rings is 1. The molecule has 3 rings (SSSR count). The monoisotopic (exact) mass is 343 g/mol. The van der Waals surface area contributed by atoms with Crippen molar-refractivity contribution in [3.05, 3.63) is 41.3 Å². The lowest BCUT2D eigenvalue weighted by Gasteiger charge is -2.10. The van der Waals surface area contributed by atoms with Crippen LogP contribution in [0.2, 0.25) is 0 Å². The van der Waals surface area contributed by atoms with E-state index in [-0.39, 0.29) is 18.1 Å². The Kier molecular flexibility index (Phi) is 5.07. The predicted octanol–water partition coefficient (Wildman–Crippen LogP) is 3.52. The molecule has 25 heavy (non-hydrogen) atoms. The van der Waals surface area contributed by atoms with Crippen molar-refractivity contribution in [2.24, 2.45) is 0 Å². The van der Waals surface area contributed by atoms with Gasteiger partial charge in [-0.1, -0.05) is 0 Å². The van der Waals surface area contributed by atoms with E-state index in [2.05, 4.69) is 5.32 Å². The summed E-state index contributed by atoms with van der Waals surface area (Å²) in [5.41, 5.74) is 1.23. The van der Waals surface area contributed by atoms with E-state index in [0.29, 0.717) is 53.9 Å². The van der Waals surface area contributed by atoms with Crippen LogP contribution in [-0.2, 0) is 11.2 Å². The van der Waals surface area contributed by atoms with Crippen molar-refractivity contribution in [3.8, 4) is 11.5 Å². The van der Waals surface area contributed by atoms with Crippen molar-refractivity contribution in [2.75, 3.05) is 18.5 Å². The third-order valence-electron chi connectivity index (χ3n) is 3.98. The number of carbonyl (C=O) groups excluding carboxylic acids is 2. The lowest BCUT2D eigenvalue weighted by Crippen LogP contribution is -2.12. The topological polar surface area (TPSA) is 77.8 Å². The quantitative estimate of drug-likeness (QED) is 0.841. The van der Waals surface area contributed by atoms with E-state index in [4.69, 9.17) is 13.9 Å². The van der Waals surface area contributed by atoms with Crippen LogP contribution in [0.4, 0.5) is 5.69 Å². The highest BCUT2D eigenvalue weighted by atomic mass is 16.5. The Bertz CT molecular complexity index is 793. The van der Waals surface area contributed by atoms with Gasteiger partial charge in [0.25, 0.3) is 0 Å². The summed E-state index contributed by atoms with van der Waals surface area (Å²) in [6.45, 7) is 4.47. The van der Waals surface area contributed by atoms with Crippen LogP contribution in [0.3, 0.4) is 0 Å². The van der Waals surface area contributed by atoms with Gasteiger partial charge in [-0.2, -0.15) is 0 Å². The van der Waals surface area contributed by atoms with Gasteiger partial charge in [0.15, 0.2) is 17.3 Å². The molecule has 1 amide bonds. The molecule has 6 heteroatoms. The fourth-order valence-corrected chi connectivity index (χ4v) is 2.72. The Hall–Kier alpha value is -2.76. The lowest BCUT2D eigenvalue weighted by molar-refractivity contribution is -0.116. The smallest absolute Gasteiger partial charge is 0.224 e. The maximum atomic E-state index is 12.2. The molecule has 6 nitrogen and oxygen atoms in total. The number of ketones is 1. The van der Waals surface area contributed by atoms with E-state index in [0.717, 1.165) is 6.42 Å². The SMILES string of the molecule is CC(=O)c1cc(CCC(=O)Nc2ccc3c(c2)OCCCO3)oc1C. The van der Waals surface area contributed by atoms with Crippen LogP contribution < -0.4 is 14.8 Å². The van der Waals surface area contributed by atoms with Crippen molar-refractivity contribution in [1.82, 2.24) is 0 Å². The molecule has 0 unspecified atom stereocenters. The van der Waals surface area contributed by atoms with Gasteiger partial charge in [0.05, 0.1) is 18.8 Å². The number of anilines is 1. The largest absolute Gasteiger partial charge is 0.490 e. The van der Waals surface area contributed by atoms with Crippen LogP contribution in [0, 0.1) is 6.92 Å². The molecule has 2 heterocycles. The molecule has 0 radical (unpaired) electrons. The number of Topliss-reactive ketones (excluding diaryl/α,β-unsaturated/α-hetero) is 1. The first-order chi connectivity index (χ1) is 12.0. The van der Waals surface area contributed by atoms with Crippen LogP contribution in [0.25, 0.3) is 0 Å². The molecule has 0 bridgehead atoms. The van der Waals surface area contributed by atoms with E-state index in [9.17, 15) is 9.59 Å². The van der Waals surface area contributed by atoms with Crippen LogP contribution in [0.15, 0.2) is 28.7 Å². The minimum atomic E-state index is -0.132. The summed E-state index contributed by atoms with van der Waals surface area (Å²) in [5, 5.41) is 2.84. The number of amides is 1. The number of hydrogen-bond acceptors (Lipinski definition) is 5. The molecule has 1 aromatic carbocycles. The summed E-state index contributed by atoms with van der Waals surface area (Å²) in [6.07, 6.45) is 1.53. The summed E-state index contributed by atoms with van der Waals surface area (Å²) in [4.78, 5) is 23.6. The van der Waals surface area contributed by atoms with Crippen molar-refractivity contribution < 1.29 is 23.5 Å². The van der Waals surface area contributed by atoms with E-state index >= 15 is 0 Å². The maximum absolute atomic E-state index is 12.2. The zero-order chi connectivity index (χ0) is 17.8. The minimum Gasteiger partial charge on any atom is -0.490 e. The Morgan fingerprint density at radius 2 is 1.88 bits per heavy atom. The third kappa shape index (κ3) is 4.21. The molecule has 0 saturated heterocycles. The number of benzene rings is 1. The first kappa shape index (κ1) is 17.1. The van der Waals surface area contributed by atoms with Gasteiger partial charge in [0.1, 0.15) is 11.5 Å². The average Bonchev–Trinajstić information content (AvgIpc) is 2.80. The van der Waals surface area contributed by atoms with Crippen LogP contribution in [0.5, 0.6) is 11.5 Å². The zero-order valence-electron chi connectivity index (χ0n) is 14.4. The Morgan fingerprint density at radius 1 is 1.12 bits per heavy atom. The van der Waals surface area contributed by atoms with Crippen molar-refractivity contribution in [2.45, 2.75) is 33.1 Å². The van der Waals surface area contributed by atoms with Gasteiger partial charge in [0, 0.05) is 31.0 Å². The summed E-state index contributed by atoms with van der Waals surface area (Å²) < 4.78 is 16.7. The van der Waals surface area contributed by atoms with E-state index in [1.807, 2.05) is 0 Å². The molecule has 0 spiro atoms. The Labute approximate surface area is 146 Å². The Balaban J connectivity index is 1.58. The second-order valence-corrected chi connectivity index (χ2v) is 6.00. The molecule has 0 aliphatic carbocycles. The van der Waals surface area contributed by atoms with E-state index in [1.165, 1.54) is 6.92 Å². The van der Waals surface area contributed by atoms with Crippen molar-refractivity contribution >= 4 is 17.4 Å². The average molecular weight is 343 g/mol. The highest BCUT2D eigenvalue weighted by molar-refractivity contribution is 5.95. The summed E-state index contributed by atoms with van der Waals surface area (Å²) in [7, 11) is 0. The van der Waals surface area contributed by atoms with Gasteiger partial charge < -0.3 is 19.2 Å². The molecule has 132 valence electrons. The fourth-order valence-electron chi connectivity index (χ4n) is 2.72. The van der Waals surface area contributed by atoms with Crippen molar-refractivity contribution in [3.63, 3.8) is 0 Å². The van der Waals surface area contributed by atoms with E-state index < -0.39 is 0 Å². The third-order valence-corrected chi connectivity index (χ3v) is 3.98. The molecule has 1 aliphatic rings. The van der Waals surface area contributed by atoms with Crippen LogP contribution >= 0.6 is 0 Å². The maximum Gasteiger partial charge on any atom is 0.224 e. The standard InChI is InChI=1S/C19H21NO5/c1-12(21)16-11-15(25-13(16)2)5-7-19(22)20-14-4-6-17-18(10-14)24-9-3-8-23-17/h4,6,10-11H,3,5,7-9H2,1-2H3,(H,20,22). The highest BCUT2D eigenvalue weighted by Gasteiger charge is 2.14. The van der Waals surface area contributed by atoms with Gasteiger partial charge in [-0.3, -0.25) is 9.59 Å². The number of hydrogen-bond donors (Lipinski definition) is 1. The molecule has 0 saturated carbocycles.